The summed E-state index contributed by atoms with van der Waals surface area (Å²) in [6, 6.07) is -0.723. The van der Waals surface area contributed by atoms with E-state index in [0.717, 1.165) is 6.42 Å². The zero-order valence-electron chi connectivity index (χ0n) is 8.85. The first-order chi connectivity index (χ1) is 7.10. The minimum Gasteiger partial charge on any atom is -0.480 e. The monoisotopic (exact) mass is 215 g/mol. The molecule has 2 N–H and O–H groups in total. The fraction of sp³-hybridized carbons (Fsp3) is 0.800. The summed E-state index contributed by atoms with van der Waals surface area (Å²) in [4.78, 5) is 23.9. The van der Waals surface area contributed by atoms with Crippen LogP contribution in [0.3, 0.4) is 0 Å². The van der Waals surface area contributed by atoms with E-state index in [1.54, 1.807) is 0 Å². The Labute approximate surface area is 88.7 Å². The van der Waals surface area contributed by atoms with E-state index in [9.17, 15) is 9.59 Å². The number of carboxylic acids is 1. The third-order valence-electron chi connectivity index (χ3n) is 2.72. The molecule has 1 aliphatic rings. The van der Waals surface area contributed by atoms with Crippen molar-refractivity contribution in [3.63, 3.8) is 0 Å². The van der Waals surface area contributed by atoms with Gasteiger partial charge in [0.15, 0.2) is 0 Å². The lowest BCUT2D eigenvalue weighted by Gasteiger charge is -2.24. The third-order valence-corrected chi connectivity index (χ3v) is 2.72. The van der Waals surface area contributed by atoms with Crippen molar-refractivity contribution in [2.24, 2.45) is 5.92 Å². The van der Waals surface area contributed by atoms with Crippen molar-refractivity contribution in [3.05, 3.63) is 0 Å². The van der Waals surface area contributed by atoms with Gasteiger partial charge in [-0.3, -0.25) is 4.79 Å². The molecule has 2 atom stereocenters. The molecule has 1 fully saturated rings. The minimum atomic E-state index is -0.955. The number of nitrogens with zero attached hydrogens (tertiary/aromatic N) is 1. The number of hydrogen-bond acceptors (Lipinski definition) is 3. The third kappa shape index (κ3) is 2.68. The molecule has 86 valence electrons. The van der Waals surface area contributed by atoms with Gasteiger partial charge >= 0.3 is 5.97 Å². The van der Waals surface area contributed by atoms with Crippen LogP contribution in [0.2, 0.25) is 0 Å². The molecule has 0 aliphatic carbocycles. The number of likely N-dealkylation sites (tertiary alicyclic amines) is 1. The van der Waals surface area contributed by atoms with Gasteiger partial charge in [0.25, 0.3) is 0 Å². The van der Waals surface area contributed by atoms with Crippen LogP contribution in [0, 0.1) is 5.92 Å². The molecule has 15 heavy (non-hydrogen) atoms. The molecule has 5 heteroatoms. The van der Waals surface area contributed by atoms with Crippen LogP contribution in [0.25, 0.3) is 0 Å². The molecule has 0 saturated carbocycles. The molecule has 0 radical (unpaired) electrons. The molecule has 1 rings (SSSR count). The van der Waals surface area contributed by atoms with E-state index in [1.807, 2.05) is 6.92 Å². The van der Waals surface area contributed by atoms with E-state index >= 15 is 0 Å². The Kier molecular flexibility index (Phi) is 4.08. The molecule has 0 aromatic carbocycles. The summed E-state index contributed by atoms with van der Waals surface area (Å²) in [6.45, 7) is 2.20. The SMILES string of the molecule is CCCC(C(=O)O)N1CC(CO)CC1=O. The van der Waals surface area contributed by atoms with Crippen molar-refractivity contribution in [2.75, 3.05) is 13.2 Å². The number of aliphatic hydroxyl groups is 1. The lowest BCUT2D eigenvalue weighted by Crippen LogP contribution is -2.42. The fourth-order valence-electron chi connectivity index (χ4n) is 1.92. The highest BCUT2D eigenvalue weighted by Crippen LogP contribution is 2.21. The molecule has 5 nitrogen and oxygen atoms in total. The summed E-state index contributed by atoms with van der Waals surface area (Å²) in [5.41, 5.74) is 0. The van der Waals surface area contributed by atoms with Crippen molar-refractivity contribution in [1.29, 1.82) is 0 Å². The Morgan fingerprint density at radius 1 is 1.67 bits per heavy atom. The molecule has 1 aliphatic heterocycles. The first-order valence-corrected chi connectivity index (χ1v) is 5.23. The number of rotatable bonds is 5. The second-order valence-electron chi connectivity index (χ2n) is 3.94. The zero-order chi connectivity index (χ0) is 11.4. The van der Waals surface area contributed by atoms with Gasteiger partial charge in [-0.15, -0.1) is 0 Å². The minimum absolute atomic E-state index is 0.0549. The van der Waals surface area contributed by atoms with Gasteiger partial charge in [0, 0.05) is 25.5 Å². The number of hydrogen-bond donors (Lipinski definition) is 2. The van der Waals surface area contributed by atoms with Gasteiger partial charge < -0.3 is 15.1 Å². The molecule has 0 aromatic heterocycles. The maximum atomic E-state index is 11.5. The van der Waals surface area contributed by atoms with Crippen LogP contribution in [0.1, 0.15) is 26.2 Å². The number of amides is 1. The molecule has 0 spiro atoms. The molecule has 0 aromatic rings. The first kappa shape index (κ1) is 12.0. The summed E-state index contributed by atoms with van der Waals surface area (Å²) < 4.78 is 0. The number of carbonyl (C=O) groups excluding carboxylic acids is 1. The Balaban J connectivity index is 2.68. The van der Waals surface area contributed by atoms with E-state index in [-0.39, 0.29) is 24.9 Å². The molecule has 2 unspecified atom stereocenters. The summed E-state index contributed by atoms with van der Waals surface area (Å²) in [5.74, 6) is -1.21. The van der Waals surface area contributed by atoms with Gasteiger partial charge in [-0.25, -0.2) is 4.79 Å². The Morgan fingerprint density at radius 2 is 2.33 bits per heavy atom. The highest BCUT2D eigenvalue weighted by Gasteiger charge is 2.36. The number of aliphatic hydroxyl groups excluding tert-OH is 1. The maximum absolute atomic E-state index is 11.5. The highest BCUT2D eigenvalue weighted by atomic mass is 16.4. The predicted molar refractivity (Wildman–Crippen MR) is 53.2 cm³/mol. The number of carboxylic acid groups (broad SMARTS) is 1. The van der Waals surface area contributed by atoms with Gasteiger partial charge in [-0.05, 0) is 6.42 Å². The van der Waals surface area contributed by atoms with Gasteiger partial charge in [0.1, 0.15) is 6.04 Å². The predicted octanol–water partition coefficient (Wildman–Crippen LogP) is 0.0805. The Bertz CT molecular complexity index is 254. The van der Waals surface area contributed by atoms with Crippen LogP contribution in [-0.4, -0.2) is 46.2 Å². The van der Waals surface area contributed by atoms with Crippen molar-refractivity contribution in [3.8, 4) is 0 Å². The van der Waals surface area contributed by atoms with E-state index in [0.29, 0.717) is 13.0 Å². The summed E-state index contributed by atoms with van der Waals surface area (Å²) in [7, 11) is 0. The molecule has 1 amide bonds. The molecular weight excluding hydrogens is 198 g/mol. The van der Waals surface area contributed by atoms with Crippen LogP contribution < -0.4 is 0 Å². The Hall–Kier alpha value is -1.10. The van der Waals surface area contributed by atoms with Gasteiger partial charge in [0.05, 0.1) is 0 Å². The topological polar surface area (TPSA) is 77.8 Å². The van der Waals surface area contributed by atoms with Crippen molar-refractivity contribution in [2.45, 2.75) is 32.2 Å². The van der Waals surface area contributed by atoms with E-state index < -0.39 is 12.0 Å². The van der Waals surface area contributed by atoms with E-state index in [1.165, 1.54) is 4.90 Å². The molecule has 0 bridgehead atoms. The second-order valence-corrected chi connectivity index (χ2v) is 3.94. The number of carbonyl (C=O) groups is 2. The summed E-state index contributed by atoms with van der Waals surface area (Å²) >= 11 is 0. The van der Waals surface area contributed by atoms with Crippen LogP contribution in [0.4, 0.5) is 0 Å². The van der Waals surface area contributed by atoms with E-state index in [2.05, 4.69) is 0 Å². The smallest absolute Gasteiger partial charge is 0.326 e. The van der Waals surface area contributed by atoms with Crippen LogP contribution >= 0.6 is 0 Å². The second kappa shape index (κ2) is 5.11. The van der Waals surface area contributed by atoms with Gasteiger partial charge in [-0.1, -0.05) is 13.3 Å². The zero-order valence-corrected chi connectivity index (χ0v) is 8.85. The standard InChI is InChI=1S/C10H17NO4/c1-2-3-8(10(14)15)11-5-7(6-12)4-9(11)13/h7-8,12H,2-6H2,1H3,(H,14,15). The van der Waals surface area contributed by atoms with E-state index in [4.69, 9.17) is 10.2 Å². The summed E-state index contributed by atoms with van der Waals surface area (Å²) in [6.07, 6.45) is 1.47. The van der Waals surface area contributed by atoms with Crippen LogP contribution in [0.5, 0.6) is 0 Å². The van der Waals surface area contributed by atoms with Crippen molar-refractivity contribution in [1.82, 2.24) is 4.90 Å². The van der Waals surface area contributed by atoms with Gasteiger partial charge in [0.2, 0.25) is 5.91 Å². The fourth-order valence-corrected chi connectivity index (χ4v) is 1.92. The molecule has 1 heterocycles. The van der Waals surface area contributed by atoms with Crippen LogP contribution in [0.15, 0.2) is 0 Å². The van der Waals surface area contributed by atoms with Crippen molar-refractivity contribution < 1.29 is 19.8 Å². The average Bonchev–Trinajstić information content (AvgIpc) is 2.55. The first-order valence-electron chi connectivity index (χ1n) is 5.23. The van der Waals surface area contributed by atoms with Crippen molar-refractivity contribution >= 4 is 11.9 Å². The lowest BCUT2D eigenvalue weighted by atomic mass is 10.1. The Morgan fingerprint density at radius 3 is 2.73 bits per heavy atom. The molecular formula is C10H17NO4. The highest BCUT2D eigenvalue weighted by molar-refractivity contribution is 5.85. The summed E-state index contributed by atoms with van der Waals surface area (Å²) in [5, 5.41) is 17.9. The maximum Gasteiger partial charge on any atom is 0.326 e. The largest absolute Gasteiger partial charge is 0.480 e. The normalized spacial score (nSPS) is 23.2. The van der Waals surface area contributed by atoms with Crippen LogP contribution in [-0.2, 0) is 9.59 Å². The molecule has 1 saturated heterocycles. The number of aliphatic carboxylic acids is 1. The average molecular weight is 215 g/mol. The quantitative estimate of drug-likeness (QED) is 0.681. The van der Waals surface area contributed by atoms with Gasteiger partial charge in [-0.2, -0.15) is 0 Å². The lowest BCUT2D eigenvalue weighted by molar-refractivity contribution is -0.148.